The molecule has 0 aliphatic carbocycles. The fourth-order valence-electron chi connectivity index (χ4n) is 3.28. The van der Waals surface area contributed by atoms with Crippen LogP contribution in [0.5, 0.6) is 0 Å². The monoisotopic (exact) mass is 464 g/mol. The van der Waals surface area contributed by atoms with Crippen LogP contribution in [0.15, 0.2) is 91.9 Å². The third-order valence-corrected chi connectivity index (χ3v) is 5.22. The van der Waals surface area contributed by atoms with Gasteiger partial charge in [0.2, 0.25) is 11.9 Å². The normalized spacial score (nSPS) is 10.3. The van der Waals surface area contributed by atoms with Gasteiger partial charge >= 0.3 is 0 Å². The van der Waals surface area contributed by atoms with E-state index in [1.165, 1.54) is 6.08 Å². The molecule has 35 heavy (non-hydrogen) atoms. The first-order valence-corrected chi connectivity index (χ1v) is 10.9. The Bertz CT molecular complexity index is 1350. The Morgan fingerprint density at radius 3 is 2.60 bits per heavy atom. The second kappa shape index (κ2) is 10.8. The molecule has 2 amide bonds. The summed E-state index contributed by atoms with van der Waals surface area (Å²) in [6.07, 6.45) is 6.35. The molecule has 2 heterocycles. The maximum atomic E-state index is 12.9. The van der Waals surface area contributed by atoms with Gasteiger partial charge in [0.15, 0.2) is 0 Å². The zero-order valence-electron chi connectivity index (χ0n) is 19.2. The molecule has 174 valence electrons. The zero-order valence-corrected chi connectivity index (χ0v) is 19.2. The molecule has 0 bridgehead atoms. The number of carbonyl (C=O) groups is 2. The molecule has 0 aliphatic rings. The Kier molecular flexibility index (Phi) is 7.22. The molecule has 8 nitrogen and oxygen atoms in total. The Hall–Kier alpha value is -4.85. The van der Waals surface area contributed by atoms with E-state index >= 15 is 0 Å². The minimum Gasteiger partial charge on any atom is -0.348 e. The van der Waals surface area contributed by atoms with Crippen molar-refractivity contribution in [1.29, 1.82) is 0 Å². The van der Waals surface area contributed by atoms with Crippen LogP contribution in [0.2, 0.25) is 0 Å². The number of benzene rings is 2. The third kappa shape index (κ3) is 6.14. The van der Waals surface area contributed by atoms with Gasteiger partial charge in [0.25, 0.3) is 5.91 Å². The Morgan fingerprint density at radius 2 is 1.86 bits per heavy atom. The van der Waals surface area contributed by atoms with Gasteiger partial charge in [0.1, 0.15) is 0 Å². The van der Waals surface area contributed by atoms with Crippen molar-refractivity contribution in [2.45, 2.75) is 13.5 Å². The van der Waals surface area contributed by atoms with Gasteiger partial charge < -0.3 is 16.0 Å². The van der Waals surface area contributed by atoms with Crippen molar-refractivity contribution < 1.29 is 9.59 Å². The maximum absolute atomic E-state index is 12.9. The number of carbonyl (C=O) groups excluding carboxylic acids is 2. The molecule has 0 saturated heterocycles. The van der Waals surface area contributed by atoms with Crippen LogP contribution >= 0.6 is 0 Å². The summed E-state index contributed by atoms with van der Waals surface area (Å²) >= 11 is 0. The average Bonchev–Trinajstić information content (AvgIpc) is 2.90. The lowest BCUT2D eigenvalue weighted by molar-refractivity contribution is -0.116. The van der Waals surface area contributed by atoms with E-state index in [9.17, 15) is 9.59 Å². The highest BCUT2D eigenvalue weighted by Crippen LogP contribution is 2.23. The predicted molar refractivity (Wildman–Crippen MR) is 136 cm³/mol. The van der Waals surface area contributed by atoms with E-state index in [0.29, 0.717) is 23.7 Å². The molecule has 0 atom stereocenters. The van der Waals surface area contributed by atoms with Crippen molar-refractivity contribution in [2.75, 3.05) is 10.6 Å². The first-order chi connectivity index (χ1) is 17.0. The largest absolute Gasteiger partial charge is 0.348 e. The molecule has 0 fully saturated rings. The lowest BCUT2D eigenvalue weighted by Gasteiger charge is -2.12. The number of amides is 2. The second-order valence-corrected chi connectivity index (χ2v) is 7.73. The van der Waals surface area contributed by atoms with Crippen LogP contribution in [-0.2, 0) is 11.3 Å². The molecule has 0 saturated carbocycles. The predicted octanol–water partition coefficient (Wildman–Crippen LogP) is 4.65. The van der Waals surface area contributed by atoms with Gasteiger partial charge in [-0.1, -0.05) is 24.8 Å². The number of anilines is 3. The average molecular weight is 465 g/mol. The van der Waals surface area contributed by atoms with E-state index in [-0.39, 0.29) is 11.8 Å². The first kappa shape index (κ1) is 23.3. The molecule has 0 unspecified atom stereocenters. The van der Waals surface area contributed by atoms with E-state index in [1.807, 2.05) is 43.3 Å². The number of nitrogens with one attached hydrogen (secondary N) is 3. The molecule has 3 N–H and O–H groups in total. The van der Waals surface area contributed by atoms with E-state index < -0.39 is 0 Å². The van der Waals surface area contributed by atoms with Crippen LogP contribution in [-0.4, -0.2) is 26.8 Å². The number of hydrogen-bond donors (Lipinski definition) is 3. The summed E-state index contributed by atoms with van der Waals surface area (Å²) in [6, 6.07) is 18.3. The van der Waals surface area contributed by atoms with Gasteiger partial charge in [-0.3, -0.25) is 14.6 Å². The molecular weight excluding hydrogens is 440 g/mol. The Labute approximate surface area is 203 Å². The highest BCUT2D eigenvalue weighted by atomic mass is 16.2. The standard InChI is InChI=1S/C27H24N6O2/c1-3-25(34)30-16-19-7-10-22(11-8-19)31-26(35)20-9-6-18(2)24(15-20)33-27-29-14-12-23(32-27)21-5-4-13-28-17-21/h3-15,17H,1,16H2,2H3,(H,30,34)(H,31,35)(H,29,32,33). The number of aromatic nitrogens is 3. The highest BCUT2D eigenvalue weighted by Gasteiger charge is 2.11. The van der Waals surface area contributed by atoms with Crippen LogP contribution in [0.1, 0.15) is 21.5 Å². The van der Waals surface area contributed by atoms with Crippen molar-refractivity contribution in [3.8, 4) is 11.3 Å². The summed E-state index contributed by atoms with van der Waals surface area (Å²) < 4.78 is 0. The number of nitrogens with zero attached hydrogens (tertiary/aromatic N) is 3. The van der Waals surface area contributed by atoms with E-state index in [2.05, 4.69) is 37.5 Å². The summed E-state index contributed by atoms with van der Waals surface area (Å²) in [4.78, 5) is 37.2. The van der Waals surface area contributed by atoms with E-state index in [1.54, 1.807) is 42.9 Å². The Balaban J connectivity index is 1.45. The van der Waals surface area contributed by atoms with Crippen LogP contribution in [0.25, 0.3) is 11.3 Å². The third-order valence-electron chi connectivity index (χ3n) is 5.22. The highest BCUT2D eigenvalue weighted by molar-refractivity contribution is 6.05. The quantitative estimate of drug-likeness (QED) is 0.328. The minimum atomic E-state index is -0.245. The fourth-order valence-corrected chi connectivity index (χ4v) is 3.28. The van der Waals surface area contributed by atoms with Crippen LogP contribution in [0.4, 0.5) is 17.3 Å². The van der Waals surface area contributed by atoms with E-state index in [4.69, 9.17) is 0 Å². The molecule has 4 aromatic rings. The molecule has 0 radical (unpaired) electrons. The van der Waals surface area contributed by atoms with Gasteiger partial charge in [-0.15, -0.1) is 0 Å². The summed E-state index contributed by atoms with van der Waals surface area (Å²) in [6.45, 7) is 5.75. The summed E-state index contributed by atoms with van der Waals surface area (Å²) in [7, 11) is 0. The Morgan fingerprint density at radius 1 is 1.03 bits per heavy atom. The van der Waals surface area contributed by atoms with Crippen LogP contribution in [0, 0.1) is 6.92 Å². The molecule has 2 aromatic carbocycles. The van der Waals surface area contributed by atoms with Gasteiger partial charge in [-0.05, 0) is 66.6 Å². The van der Waals surface area contributed by atoms with Gasteiger partial charge in [-0.2, -0.15) is 0 Å². The van der Waals surface area contributed by atoms with E-state index in [0.717, 1.165) is 28.1 Å². The molecule has 4 rings (SSSR count). The molecule has 0 aliphatic heterocycles. The van der Waals surface area contributed by atoms with Crippen molar-refractivity contribution >= 4 is 29.1 Å². The number of aryl methyl sites for hydroxylation is 1. The SMILES string of the molecule is C=CC(=O)NCc1ccc(NC(=O)c2ccc(C)c(Nc3nccc(-c4cccnc4)n3)c2)cc1. The summed E-state index contributed by atoms with van der Waals surface area (Å²) in [5.41, 5.74) is 5.36. The smallest absolute Gasteiger partial charge is 0.255 e. The minimum absolute atomic E-state index is 0.236. The van der Waals surface area contributed by atoms with Crippen LogP contribution < -0.4 is 16.0 Å². The fraction of sp³-hybridized carbons (Fsp3) is 0.0741. The molecular formula is C27H24N6O2. The molecule has 0 spiro atoms. The maximum Gasteiger partial charge on any atom is 0.255 e. The zero-order chi connectivity index (χ0) is 24.6. The molecule has 2 aromatic heterocycles. The van der Waals surface area contributed by atoms with Crippen molar-refractivity contribution in [2.24, 2.45) is 0 Å². The number of hydrogen-bond acceptors (Lipinski definition) is 6. The van der Waals surface area contributed by atoms with Crippen molar-refractivity contribution in [3.63, 3.8) is 0 Å². The van der Waals surface area contributed by atoms with Crippen LogP contribution in [0.3, 0.4) is 0 Å². The number of pyridine rings is 1. The van der Waals surface area contributed by atoms with Crippen molar-refractivity contribution in [3.05, 3.63) is 109 Å². The van der Waals surface area contributed by atoms with Crippen molar-refractivity contribution in [1.82, 2.24) is 20.3 Å². The first-order valence-electron chi connectivity index (χ1n) is 10.9. The number of rotatable bonds is 8. The topological polar surface area (TPSA) is 109 Å². The van der Waals surface area contributed by atoms with Gasteiger partial charge in [-0.25, -0.2) is 9.97 Å². The lowest BCUT2D eigenvalue weighted by atomic mass is 10.1. The summed E-state index contributed by atoms with van der Waals surface area (Å²) in [5, 5.41) is 8.82. The van der Waals surface area contributed by atoms with Gasteiger partial charge in [0.05, 0.1) is 5.69 Å². The summed E-state index contributed by atoms with van der Waals surface area (Å²) in [5.74, 6) is -0.0581. The van der Waals surface area contributed by atoms with Gasteiger partial charge in [0, 0.05) is 47.6 Å². The molecule has 8 heteroatoms. The lowest BCUT2D eigenvalue weighted by Crippen LogP contribution is -2.19. The second-order valence-electron chi connectivity index (χ2n) is 7.73.